The maximum atomic E-state index is 5.98. The Kier molecular flexibility index (Phi) is 3.76. The highest BCUT2D eigenvalue weighted by Gasteiger charge is 2.28. The molecule has 102 valence electrons. The number of piperidine rings is 1. The molecule has 0 bridgehead atoms. The Morgan fingerprint density at radius 1 is 1.42 bits per heavy atom. The summed E-state index contributed by atoms with van der Waals surface area (Å²) in [6.45, 7) is 2.31. The number of nitrogens with one attached hydrogen (secondary N) is 1. The number of nitrogens with zero attached hydrogens (tertiary/aromatic N) is 1. The van der Waals surface area contributed by atoms with Crippen LogP contribution in [-0.2, 0) is 0 Å². The number of aromatic nitrogens is 1. The maximum absolute atomic E-state index is 5.98. The van der Waals surface area contributed by atoms with E-state index in [-0.39, 0.29) is 0 Å². The van der Waals surface area contributed by atoms with Crippen molar-refractivity contribution in [2.45, 2.75) is 19.3 Å². The Morgan fingerprint density at radius 3 is 3.16 bits per heavy atom. The van der Waals surface area contributed by atoms with Gasteiger partial charge in [0.05, 0.1) is 7.11 Å². The lowest BCUT2D eigenvalue weighted by Crippen LogP contribution is -2.37. The molecule has 0 radical (unpaired) electrons. The van der Waals surface area contributed by atoms with Gasteiger partial charge in [0.25, 0.3) is 0 Å². The molecular formula is C15H19ClN2O. The number of hydrogen-bond acceptors (Lipinski definition) is 3. The Bertz CT molecular complexity index is 501. The summed E-state index contributed by atoms with van der Waals surface area (Å²) in [5, 5.41) is 3.93. The van der Waals surface area contributed by atoms with Crippen LogP contribution in [0.5, 0.6) is 5.75 Å². The van der Waals surface area contributed by atoms with Crippen molar-refractivity contribution in [3.8, 4) is 5.75 Å². The van der Waals surface area contributed by atoms with E-state index in [1.807, 2.05) is 12.3 Å². The van der Waals surface area contributed by atoms with Crippen LogP contribution < -0.4 is 10.1 Å². The molecule has 0 saturated carbocycles. The van der Waals surface area contributed by atoms with Crippen LogP contribution in [0.2, 0.25) is 5.15 Å². The monoisotopic (exact) mass is 278 g/mol. The first kappa shape index (κ1) is 12.9. The van der Waals surface area contributed by atoms with E-state index in [0.29, 0.717) is 10.9 Å². The van der Waals surface area contributed by atoms with Gasteiger partial charge in [-0.05, 0) is 61.4 Å². The zero-order chi connectivity index (χ0) is 13.2. The zero-order valence-corrected chi connectivity index (χ0v) is 11.9. The summed E-state index contributed by atoms with van der Waals surface area (Å²) in [5.74, 6) is 2.27. The highest BCUT2D eigenvalue weighted by molar-refractivity contribution is 6.30. The lowest BCUT2D eigenvalue weighted by molar-refractivity contribution is 0.252. The van der Waals surface area contributed by atoms with E-state index in [2.05, 4.69) is 16.4 Å². The lowest BCUT2D eigenvalue weighted by atomic mass is 9.75. The Labute approximate surface area is 119 Å². The highest BCUT2D eigenvalue weighted by atomic mass is 35.5. The van der Waals surface area contributed by atoms with Crippen LogP contribution >= 0.6 is 11.6 Å². The predicted molar refractivity (Wildman–Crippen MR) is 77.5 cm³/mol. The highest BCUT2D eigenvalue weighted by Crippen LogP contribution is 2.38. The fraction of sp³-hybridized carbons (Fsp3) is 0.533. The summed E-state index contributed by atoms with van der Waals surface area (Å²) in [6.07, 6.45) is 7.84. The molecule has 2 aliphatic rings. The van der Waals surface area contributed by atoms with Gasteiger partial charge in [-0.3, -0.25) is 0 Å². The van der Waals surface area contributed by atoms with Gasteiger partial charge in [-0.1, -0.05) is 17.7 Å². The van der Waals surface area contributed by atoms with E-state index in [1.54, 1.807) is 7.11 Å². The lowest BCUT2D eigenvalue weighted by Gasteiger charge is -2.35. The molecule has 0 amide bonds. The summed E-state index contributed by atoms with van der Waals surface area (Å²) >= 11 is 5.98. The number of methoxy groups -OCH3 is 1. The second-order valence-electron chi connectivity index (χ2n) is 5.40. The number of hydrogen-bond donors (Lipinski definition) is 1. The van der Waals surface area contributed by atoms with Crippen molar-refractivity contribution in [1.29, 1.82) is 0 Å². The van der Waals surface area contributed by atoms with Crippen LogP contribution in [0, 0.1) is 11.8 Å². The molecule has 3 rings (SSSR count). The van der Waals surface area contributed by atoms with Crippen molar-refractivity contribution in [2.75, 3.05) is 20.2 Å². The maximum Gasteiger partial charge on any atom is 0.171 e. The second kappa shape index (κ2) is 5.51. The van der Waals surface area contributed by atoms with Crippen molar-refractivity contribution in [2.24, 2.45) is 11.8 Å². The van der Waals surface area contributed by atoms with E-state index in [0.717, 1.165) is 30.4 Å². The molecule has 1 saturated heterocycles. The van der Waals surface area contributed by atoms with Crippen molar-refractivity contribution in [3.05, 3.63) is 29.1 Å². The van der Waals surface area contributed by atoms with Gasteiger partial charge >= 0.3 is 0 Å². The molecule has 1 N–H and O–H groups in total. The van der Waals surface area contributed by atoms with Crippen molar-refractivity contribution in [3.63, 3.8) is 0 Å². The minimum absolute atomic E-state index is 0.430. The summed E-state index contributed by atoms with van der Waals surface area (Å²) in [5.41, 5.74) is 2.53. The second-order valence-corrected chi connectivity index (χ2v) is 5.76. The first-order valence-corrected chi connectivity index (χ1v) is 7.25. The minimum Gasteiger partial charge on any atom is -0.494 e. The predicted octanol–water partition coefficient (Wildman–Crippen LogP) is 3.15. The van der Waals surface area contributed by atoms with Crippen LogP contribution in [0.15, 0.2) is 18.3 Å². The number of allylic oxidation sites excluding steroid dienone is 2. The summed E-state index contributed by atoms with van der Waals surface area (Å²) in [4.78, 5) is 4.21. The third-order valence-corrected chi connectivity index (χ3v) is 4.60. The fourth-order valence-corrected chi connectivity index (χ4v) is 3.35. The molecule has 1 fully saturated rings. The molecule has 1 aromatic heterocycles. The average Bonchev–Trinajstić information content (AvgIpc) is 2.47. The van der Waals surface area contributed by atoms with Crippen LogP contribution in [0.1, 0.15) is 24.8 Å². The van der Waals surface area contributed by atoms with Crippen molar-refractivity contribution < 1.29 is 4.74 Å². The first-order valence-electron chi connectivity index (χ1n) is 6.87. The van der Waals surface area contributed by atoms with Gasteiger partial charge in [0.1, 0.15) is 0 Å². The zero-order valence-electron chi connectivity index (χ0n) is 11.2. The number of halogens is 1. The molecule has 2 heterocycles. The SMILES string of the molecule is COc1cc(C2=CC[C@H]3CCNC[C@H]3C2)cnc1Cl. The molecule has 19 heavy (non-hydrogen) atoms. The molecule has 0 spiro atoms. The average molecular weight is 279 g/mol. The standard InChI is InChI=1S/C15H19ClN2O/c1-19-14-7-13(9-18-15(14)16)11-3-2-10-4-5-17-8-12(10)6-11/h3,7,9-10,12,17H,2,4-6,8H2,1H3/t10-,12+/m0/s1. The number of fused-ring (bicyclic) bond motifs is 1. The molecule has 3 nitrogen and oxygen atoms in total. The number of pyridine rings is 1. The summed E-state index contributed by atoms with van der Waals surface area (Å²) in [7, 11) is 1.63. The van der Waals surface area contributed by atoms with Gasteiger partial charge in [-0.15, -0.1) is 0 Å². The quantitative estimate of drug-likeness (QED) is 0.844. The van der Waals surface area contributed by atoms with Crippen LogP contribution in [0.4, 0.5) is 0 Å². The van der Waals surface area contributed by atoms with Crippen LogP contribution in [-0.4, -0.2) is 25.2 Å². The van der Waals surface area contributed by atoms with Gasteiger partial charge in [0.15, 0.2) is 10.9 Å². The van der Waals surface area contributed by atoms with Gasteiger partial charge in [0.2, 0.25) is 0 Å². The molecular weight excluding hydrogens is 260 g/mol. The topological polar surface area (TPSA) is 34.1 Å². The fourth-order valence-electron chi connectivity index (χ4n) is 3.17. The van der Waals surface area contributed by atoms with E-state index in [4.69, 9.17) is 16.3 Å². The number of rotatable bonds is 2. The summed E-state index contributed by atoms with van der Waals surface area (Å²) in [6, 6.07) is 2.00. The molecule has 0 unspecified atom stereocenters. The first-order chi connectivity index (χ1) is 9.28. The van der Waals surface area contributed by atoms with Gasteiger partial charge in [-0.2, -0.15) is 0 Å². The van der Waals surface area contributed by atoms with E-state index in [9.17, 15) is 0 Å². The van der Waals surface area contributed by atoms with Gasteiger partial charge in [-0.25, -0.2) is 4.98 Å². The van der Waals surface area contributed by atoms with Gasteiger partial charge < -0.3 is 10.1 Å². The van der Waals surface area contributed by atoms with E-state index >= 15 is 0 Å². The van der Waals surface area contributed by atoms with Crippen LogP contribution in [0.25, 0.3) is 5.57 Å². The molecule has 1 aliphatic heterocycles. The normalized spacial score (nSPS) is 26.5. The molecule has 1 aromatic rings. The summed E-state index contributed by atoms with van der Waals surface area (Å²) < 4.78 is 5.25. The van der Waals surface area contributed by atoms with E-state index < -0.39 is 0 Å². The van der Waals surface area contributed by atoms with Crippen LogP contribution in [0.3, 0.4) is 0 Å². The minimum atomic E-state index is 0.430. The largest absolute Gasteiger partial charge is 0.494 e. The smallest absolute Gasteiger partial charge is 0.171 e. The molecule has 0 aromatic carbocycles. The number of ether oxygens (including phenoxy) is 1. The molecule has 1 aliphatic carbocycles. The van der Waals surface area contributed by atoms with Gasteiger partial charge in [0, 0.05) is 6.20 Å². The third-order valence-electron chi connectivity index (χ3n) is 4.31. The van der Waals surface area contributed by atoms with E-state index in [1.165, 1.54) is 25.0 Å². The third kappa shape index (κ3) is 2.63. The molecule has 4 heteroatoms. The molecule has 2 atom stereocenters. The Balaban J connectivity index is 1.84. The Morgan fingerprint density at radius 2 is 2.32 bits per heavy atom. The Hall–Kier alpha value is -1.06. The van der Waals surface area contributed by atoms with Crippen molar-refractivity contribution >= 4 is 17.2 Å². The van der Waals surface area contributed by atoms with Crippen molar-refractivity contribution in [1.82, 2.24) is 10.3 Å².